The number of alkyl halides is 3. The summed E-state index contributed by atoms with van der Waals surface area (Å²) in [5.74, 6) is 0.676. The molecule has 0 amide bonds. The second-order valence-corrected chi connectivity index (χ2v) is 6.79. The van der Waals surface area contributed by atoms with Gasteiger partial charge in [-0.2, -0.15) is 13.2 Å². The number of nitrogens with one attached hydrogen (secondary N) is 1. The molecule has 0 fully saturated rings. The largest absolute Gasteiger partial charge is 0.416 e. The average molecular weight is 381 g/mol. The van der Waals surface area contributed by atoms with E-state index >= 15 is 0 Å². The second-order valence-electron chi connectivity index (χ2n) is 6.79. The van der Waals surface area contributed by atoms with Gasteiger partial charge in [0.25, 0.3) is 0 Å². The van der Waals surface area contributed by atoms with Crippen molar-refractivity contribution in [3.8, 4) is 11.3 Å². The van der Waals surface area contributed by atoms with E-state index in [4.69, 9.17) is 0 Å². The highest BCUT2D eigenvalue weighted by Crippen LogP contribution is 2.34. The van der Waals surface area contributed by atoms with Gasteiger partial charge in [0, 0.05) is 36.1 Å². The summed E-state index contributed by atoms with van der Waals surface area (Å²) >= 11 is 0. The lowest BCUT2D eigenvalue weighted by Gasteiger charge is -2.10. The van der Waals surface area contributed by atoms with Gasteiger partial charge in [-0.25, -0.2) is 4.98 Å². The molecular formula is C22H18F3N3. The maximum atomic E-state index is 13.1. The Morgan fingerprint density at radius 2 is 1.75 bits per heavy atom. The zero-order valence-electron chi connectivity index (χ0n) is 15.4. The zero-order chi connectivity index (χ0) is 19.9. The number of anilines is 2. The van der Waals surface area contributed by atoms with Crippen molar-refractivity contribution in [3.63, 3.8) is 0 Å². The Kier molecular flexibility index (Phi) is 4.34. The summed E-state index contributed by atoms with van der Waals surface area (Å²) in [5.41, 5.74) is 3.51. The van der Waals surface area contributed by atoms with Gasteiger partial charge in [-0.05, 0) is 48.4 Å². The number of pyridine rings is 1. The highest BCUT2D eigenvalue weighted by Gasteiger charge is 2.30. The van der Waals surface area contributed by atoms with E-state index in [0.29, 0.717) is 17.1 Å². The molecular weight excluding hydrogens is 363 g/mol. The maximum absolute atomic E-state index is 13.1. The molecule has 0 spiro atoms. The smallest absolute Gasteiger partial charge is 0.343 e. The van der Waals surface area contributed by atoms with Gasteiger partial charge in [0.1, 0.15) is 5.82 Å². The topological polar surface area (TPSA) is 29.9 Å². The van der Waals surface area contributed by atoms with Gasteiger partial charge in [0.15, 0.2) is 0 Å². The first-order chi connectivity index (χ1) is 13.3. The number of rotatable bonds is 3. The van der Waals surface area contributed by atoms with Crippen molar-refractivity contribution in [2.75, 3.05) is 5.32 Å². The van der Waals surface area contributed by atoms with Crippen LogP contribution < -0.4 is 5.32 Å². The molecule has 0 aliphatic rings. The third-order valence-corrected chi connectivity index (χ3v) is 4.70. The average Bonchev–Trinajstić information content (AvgIpc) is 2.98. The van der Waals surface area contributed by atoms with Crippen LogP contribution in [0.2, 0.25) is 0 Å². The molecule has 0 saturated carbocycles. The normalized spacial score (nSPS) is 11.8. The van der Waals surface area contributed by atoms with Crippen LogP contribution in [0.1, 0.15) is 11.1 Å². The standard InChI is InChI=1S/C22H18F3N3/c1-14-5-3-8-18(9-14)27-21-12-20-16(13-26-21)11-19(28(20)2)15-6-4-7-17(10-15)22(23,24)25/h3-13H,1-2H3,(H,26,27). The first-order valence-corrected chi connectivity index (χ1v) is 8.78. The van der Waals surface area contributed by atoms with E-state index in [0.717, 1.165) is 28.2 Å². The number of benzene rings is 2. The SMILES string of the molecule is Cc1cccc(Nc2cc3c(cn2)cc(-c2cccc(C(F)(F)F)c2)n3C)c1. The van der Waals surface area contributed by atoms with Crippen LogP contribution in [0.25, 0.3) is 22.2 Å². The summed E-state index contributed by atoms with van der Waals surface area (Å²) in [6.07, 6.45) is -2.64. The van der Waals surface area contributed by atoms with Gasteiger partial charge in [-0.3, -0.25) is 0 Å². The molecule has 2 aromatic heterocycles. The molecule has 0 bridgehead atoms. The molecule has 0 unspecified atom stereocenters. The third kappa shape index (κ3) is 3.45. The van der Waals surface area contributed by atoms with Crippen molar-refractivity contribution in [2.45, 2.75) is 13.1 Å². The lowest BCUT2D eigenvalue weighted by atomic mass is 10.1. The summed E-state index contributed by atoms with van der Waals surface area (Å²) in [6, 6.07) is 17.1. The third-order valence-electron chi connectivity index (χ3n) is 4.70. The summed E-state index contributed by atoms with van der Waals surface area (Å²) in [6.45, 7) is 2.01. The van der Waals surface area contributed by atoms with Crippen LogP contribution in [0.4, 0.5) is 24.7 Å². The van der Waals surface area contributed by atoms with Gasteiger partial charge in [-0.15, -0.1) is 0 Å². The van der Waals surface area contributed by atoms with E-state index in [2.05, 4.69) is 10.3 Å². The minimum Gasteiger partial charge on any atom is -0.343 e. The summed E-state index contributed by atoms with van der Waals surface area (Å²) in [5, 5.41) is 4.13. The van der Waals surface area contributed by atoms with Crippen molar-refractivity contribution in [1.29, 1.82) is 0 Å². The Morgan fingerprint density at radius 1 is 0.964 bits per heavy atom. The fourth-order valence-corrected chi connectivity index (χ4v) is 3.30. The fourth-order valence-electron chi connectivity index (χ4n) is 3.30. The van der Waals surface area contributed by atoms with Crippen molar-refractivity contribution >= 4 is 22.4 Å². The van der Waals surface area contributed by atoms with Crippen LogP contribution in [-0.2, 0) is 13.2 Å². The van der Waals surface area contributed by atoms with E-state index in [-0.39, 0.29) is 0 Å². The number of nitrogens with zero attached hydrogens (tertiary/aromatic N) is 2. The van der Waals surface area contributed by atoms with Crippen LogP contribution in [0.15, 0.2) is 66.9 Å². The summed E-state index contributed by atoms with van der Waals surface area (Å²) < 4.78 is 41.0. The van der Waals surface area contributed by atoms with Crippen molar-refractivity contribution in [2.24, 2.45) is 7.05 Å². The molecule has 0 radical (unpaired) electrons. The molecule has 142 valence electrons. The monoisotopic (exact) mass is 381 g/mol. The lowest BCUT2D eigenvalue weighted by Crippen LogP contribution is -2.04. The minimum atomic E-state index is -4.37. The van der Waals surface area contributed by atoms with Crippen molar-refractivity contribution < 1.29 is 13.2 Å². The molecule has 0 saturated heterocycles. The first kappa shape index (κ1) is 18.1. The highest BCUT2D eigenvalue weighted by atomic mass is 19.4. The number of halogens is 3. The Labute approximate surface area is 160 Å². The molecule has 4 rings (SSSR count). The predicted octanol–water partition coefficient (Wildman–Crippen LogP) is 6.31. The number of hydrogen-bond acceptors (Lipinski definition) is 2. The Balaban J connectivity index is 1.73. The fraction of sp³-hybridized carbons (Fsp3) is 0.136. The maximum Gasteiger partial charge on any atom is 0.416 e. The van der Waals surface area contributed by atoms with E-state index in [1.54, 1.807) is 12.3 Å². The lowest BCUT2D eigenvalue weighted by molar-refractivity contribution is -0.137. The number of aromatic nitrogens is 2. The van der Waals surface area contributed by atoms with Crippen LogP contribution >= 0.6 is 0 Å². The van der Waals surface area contributed by atoms with E-state index in [9.17, 15) is 13.2 Å². The summed E-state index contributed by atoms with van der Waals surface area (Å²) in [4.78, 5) is 4.43. The molecule has 0 atom stereocenters. The van der Waals surface area contributed by atoms with Gasteiger partial charge < -0.3 is 9.88 Å². The van der Waals surface area contributed by atoms with Crippen LogP contribution in [0.3, 0.4) is 0 Å². The number of fused-ring (bicyclic) bond motifs is 1. The van der Waals surface area contributed by atoms with Crippen LogP contribution in [0.5, 0.6) is 0 Å². The molecule has 2 heterocycles. The first-order valence-electron chi connectivity index (χ1n) is 8.78. The zero-order valence-corrected chi connectivity index (χ0v) is 15.4. The van der Waals surface area contributed by atoms with Crippen molar-refractivity contribution in [1.82, 2.24) is 9.55 Å². The molecule has 3 nitrogen and oxygen atoms in total. The van der Waals surface area contributed by atoms with Crippen LogP contribution in [0, 0.1) is 6.92 Å². The molecule has 4 aromatic rings. The Morgan fingerprint density at radius 3 is 2.50 bits per heavy atom. The molecule has 6 heteroatoms. The van der Waals surface area contributed by atoms with Gasteiger partial charge in [0.05, 0.1) is 11.1 Å². The molecule has 1 N–H and O–H groups in total. The van der Waals surface area contributed by atoms with E-state index in [1.165, 1.54) is 12.1 Å². The number of hydrogen-bond donors (Lipinski definition) is 1. The second kappa shape index (κ2) is 6.71. The van der Waals surface area contributed by atoms with Crippen molar-refractivity contribution in [3.05, 3.63) is 78.0 Å². The highest BCUT2D eigenvalue weighted by molar-refractivity contribution is 5.88. The minimum absolute atomic E-state index is 0.515. The molecule has 0 aliphatic carbocycles. The number of aryl methyl sites for hydroxylation is 2. The predicted molar refractivity (Wildman–Crippen MR) is 106 cm³/mol. The molecule has 0 aliphatic heterocycles. The van der Waals surface area contributed by atoms with E-state index < -0.39 is 11.7 Å². The Bertz CT molecular complexity index is 1160. The van der Waals surface area contributed by atoms with Gasteiger partial charge in [-0.1, -0.05) is 24.3 Å². The summed E-state index contributed by atoms with van der Waals surface area (Å²) in [7, 11) is 1.84. The molecule has 2 aromatic carbocycles. The van der Waals surface area contributed by atoms with Gasteiger partial charge >= 0.3 is 6.18 Å². The van der Waals surface area contributed by atoms with Crippen LogP contribution in [-0.4, -0.2) is 9.55 Å². The van der Waals surface area contributed by atoms with E-state index in [1.807, 2.05) is 54.9 Å². The molecule has 28 heavy (non-hydrogen) atoms. The quantitative estimate of drug-likeness (QED) is 0.451. The van der Waals surface area contributed by atoms with Gasteiger partial charge in [0.2, 0.25) is 0 Å². The Hall–Kier alpha value is -3.28.